The van der Waals surface area contributed by atoms with Gasteiger partial charge < -0.3 is 14.2 Å². The second-order valence-corrected chi connectivity index (χ2v) is 13.5. The van der Waals surface area contributed by atoms with E-state index in [0.29, 0.717) is 5.56 Å². The molecule has 0 radical (unpaired) electrons. The van der Waals surface area contributed by atoms with E-state index in [-0.39, 0.29) is 41.4 Å². The van der Waals surface area contributed by atoms with Crippen molar-refractivity contribution in [3.05, 3.63) is 94.3 Å². The highest BCUT2D eigenvalue weighted by Gasteiger charge is 2.68. The van der Waals surface area contributed by atoms with Crippen LogP contribution in [-0.4, -0.2) is 47.8 Å². The molecule has 6 rings (SSSR count). The van der Waals surface area contributed by atoms with Crippen molar-refractivity contribution in [3.63, 3.8) is 0 Å². The molecule has 0 bridgehead atoms. The molecule has 9 nitrogen and oxygen atoms in total. The molecule has 3 aliphatic rings. The van der Waals surface area contributed by atoms with Crippen LogP contribution in [0.2, 0.25) is 0 Å². The van der Waals surface area contributed by atoms with Gasteiger partial charge in [0.25, 0.3) is 0 Å². The number of rotatable bonds is 4. The lowest BCUT2D eigenvalue weighted by Gasteiger charge is -2.52. The average molecular weight is 642 g/mol. The number of Topliss-reactive ketones (excluding diaryl/α,β-unsaturated/α-hetero) is 2. The number of halogens is 1. The van der Waals surface area contributed by atoms with Crippen molar-refractivity contribution in [2.24, 2.45) is 11.8 Å². The molecule has 5 atom stereocenters. The van der Waals surface area contributed by atoms with Crippen molar-refractivity contribution >= 4 is 35.2 Å². The molecule has 1 fully saturated rings. The first kappa shape index (κ1) is 32.1. The van der Waals surface area contributed by atoms with E-state index in [1.807, 2.05) is 13.8 Å². The molecule has 0 unspecified atom stereocenters. The van der Waals surface area contributed by atoms with Crippen LogP contribution in [-0.2, 0) is 29.3 Å². The minimum atomic E-state index is -1.86. The molecular weight excluding hydrogens is 605 g/mol. The van der Waals surface area contributed by atoms with Crippen LogP contribution in [0.1, 0.15) is 72.6 Å². The molecule has 1 aliphatic carbocycles. The lowest BCUT2D eigenvalue weighted by molar-refractivity contribution is -0.160. The second-order valence-electron chi connectivity index (χ2n) is 13.5. The third-order valence-corrected chi connectivity index (χ3v) is 9.24. The van der Waals surface area contributed by atoms with Gasteiger partial charge in [0.15, 0.2) is 5.78 Å². The molecule has 1 saturated carbocycles. The Morgan fingerprint density at radius 1 is 0.979 bits per heavy atom. The second kappa shape index (κ2) is 11.4. The molecule has 2 aliphatic heterocycles. The number of aryl methyl sites for hydroxylation is 2. The van der Waals surface area contributed by atoms with E-state index >= 15 is 9.18 Å². The van der Waals surface area contributed by atoms with Gasteiger partial charge in [-0.3, -0.25) is 14.4 Å². The van der Waals surface area contributed by atoms with E-state index < -0.39 is 64.4 Å². The number of hydrogen-bond acceptors (Lipinski definition) is 8. The van der Waals surface area contributed by atoms with Crippen molar-refractivity contribution in [2.45, 2.75) is 71.0 Å². The number of ether oxygens (including phenoxy) is 3. The number of amides is 2. The van der Waals surface area contributed by atoms with E-state index in [9.17, 15) is 19.2 Å². The lowest BCUT2D eigenvalue weighted by Crippen LogP contribution is -2.62. The summed E-state index contributed by atoms with van der Waals surface area (Å²) < 4.78 is 32.5. The van der Waals surface area contributed by atoms with E-state index in [1.54, 1.807) is 70.2 Å². The minimum Gasteiger partial charge on any atom is -0.488 e. The molecule has 0 saturated heterocycles. The van der Waals surface area contributed by atoms with Gasteiger partial charge in [-0.2, -0.15) is 0 Å². The third-order valence-electron chi connectivity index (χ3n) is 9.24. The predicted molar refractivity (Wildman–Crippen MR) is 169 cm³/mol. The summed E-state index contributed by atoms with van der Waals surface area (Å²) in [6.07, 6.45) is -2.40. The van der Waals surface area contributed by atoms with Gasteiger partial charge in [-0.1, -0.05) is 41.5 Å². The number of esters is 1. The molecule has 0 N–H and O–H groups in total. The van der Waals surface area contributed by atoms with E-state index in [4.69, 9.17) is 14.2 Å². The Balaban J connectivity index is 1.66. The fourth-order valence-electron chi connectivity index (χ4n) is 7.40. The summed E-state index contributed by atoms with van der Waals surface area (Å²) in [5, 5.41) is 0. The number of carbonyl (C=O) groups excluding carboxylic acids is 5. The van der Waals surface area contributed by atoms with Crippen LogP contribution in [0.25, 0.3) is 0 Å². The Kier molecular flexibility index (Phi) is 7.81. The first-order chi connectivity index (χ1) is 22.2. The fourth-order valence-corrected chi connectivity index (χ4v) is 7.40. The van der Waals surface area contributed by atoms with Crippen LogP contribution in [0.5, 0.6) is 5.75 Å². The lowest BCUT2D eigenvalue weighted by atomic mass is 9.51. The summed E-state index contributed by atoms with van der Waals surface area (Å²) in [5.74, 6) is -7.48. The number of imide groups is 1. The molecule has 2 heterocycles. The first-order valence-corrected chi connectivity index (χ1v) is 15.6. The Morgan fingerprint density at radius 3 is 2.32 bits per heavy atom. The third kappa shape index (κ3) is 5.20. The highest BCUT2D eigenvalue weighted by atomic mass is 19.1. The predicted octanol–water partition coefficient (Wildman–Crippen LogP) is 6.16. The first-order valence-electron chi connectivity index (χ1n) is 15.6. The molecule has 1 spiro atoms. The van der Waals surface area contributed by atoms with Crippen molar-refractivity contribution < 1.29 is 42.6 Å². The summed E-state index contributed by atoms with van der Waals surface area (Å²) in [6.45, 7) is 10.1. The molecular formula is C37H36FNO8. The van der Waals surface area contributed by atoms with Gasteiger partial charge in [0.2, 0.25) is 11.7 Å². The summed E-state index contributed by atoms with van der Waals surface area (Å²) in [6, 6.07) is 15.8. The van der Waals surface area contributed by atoms with Crippen molar-refractivity contribution in [1.82, 2.24) is 0 Å². The van der Waals surface area contributed by atoms with Gasteiger partial charge in [-0.15, -0.1) is 0 Å². The molecule has 244 valence electrons. The number of nitrogens with zero attached hydrogens (tertiary/aromatic N) is 1. The van der Waals surface area contributed by atoms with Crippen molar-refractivity contribution in [1.29, 1.82) is 0 Å². The SMILES string of the molecule is CCOC(=O)C(=O)[C@@H]1[C@H]2Oc3ccc(C)cc3C(=O)[C@@H]2C[C@@]2(C(=O)N(C(=O)OC(C)(C)C)c3ccc(F)cc32)[C@H]1c1ccc(C)cc1. The number of benzene rings is 3. The standard InChI is InChI=1S/C37H36FNO8/c1-7-45-33(42)31(41)28-29(21-11-8-19(2)9-12-21)37(18-24-30(40)23-16-20(3)10-15-27(23)46-32(24)28)25-17-22(38)13-14-26(25)39(34(37)43)35(44)47-36(4,5)6/h8-17,24,28-29,32H,7,18H2,1-6H3/t24-,28+,29-,32-,37-/m0/s1. The van der Waals surface area contributed by atoms with Crippen LogP contribution in [0, 0.1) is 31.5 Å². The summed E-state index contributed by atoms with van der Waals surface area (Å²) in [4.78, 5) is 71.7. The smallest absolute Gasteiger partial charge is 0.421 e. The molecule has 3 aromatic carbocycles. The molecule has 47 heavy (non-hydrogen) atoms. The minimum absolute atomic E-state index is 0.0731. The fraction of sp³-hybridized carbons (Fsp3) is 0.378. The normalized spacial score (nSPS) is 24.6. The zero-order chi connectivity index (χ0) is 34.0. The highest BCUT2D eigenvalue weighted by molar-refractivity contribution is 6.35. The maximum Gasteiger partial charge on any atom is 0.421 e. The Labute approximate surface area is 272 Å². The van der Waals surface area contributed by atoms with E-state index in [2.05, 4.69) is 0 Å². The zero-order valence-corrected chi connectivity index (χ0v) is 27.1. The zero-order valence-electron chi connectivity index (χ0n) is 27.1. The van der Waals surface area contributed by atoms with Crippen LogP contribution < -0.4 is 9.64 Å². The number of anilines is 1. The summed E-state index contributed by atoms with van der Waals surface area (Å²) >= 11 is 0. The van der Waals surface area contributed by atoms with E-state index in [1.165, 1.54) is 6.07 Å². The topological polar surface area (TPSA) is 116 Å². The Hall–Kier alpha value is -4.86. The largest absolute Gasteiger partial charge is 0.488 e. The van der Waals surface area contributed by atoms with Gasteiger partial charge in [-0.25, -0.2) is 18.9 Å². The van der Waals surface area contributed by atoms with Crippen LogP contribution in [0.3, 0.4) is 0 Å². The summed E-state index contributed by atoms with van der Waals surface area (Å²) in [5.41, 5.74) is -0.245. The van der Waals surface area contributed by atoms with Gasteiger partial charge >= 0.3 is 12.1 Å². The van der Waals surface area contributed by atoms with Crippen LogP contribution in [0.4, 0.5) is 14.9 Å². The van der Waals surface area contributed by atoms with Crippen molar-refractivity contribution in [2.75, 3.05) is 11.5 Å². The van der Waals surface area contributed by atoms with Gasteiger partial charge in [0.1, 0.15) is 23.3 Å². The molecule has 2 amide bonds. The van der Waals surface area contributed by atoms with Gasteiger partial charge in [-0.05, 0) is 89.4 Å². The summed E-state index contributed by atoms with van der Waals surface area (Å²) in [7, 11) is 0. The number of ketones is 2. The monoisotopic (exact) mass is 641 g/mol. The van der Waals surface area contributed by atoms with Gasteiger partial charge in [0.05, 0.1) is 35.1 Å². The maximum absolute atomic E-state index is 15.3. The number of fused-ring (bicyclic) bond motifs is 4. The molecule has 10 heteroatoms. The number of hydrogen-bond donors (Lipinski definition) is 0. The van der Waals surface area contributed by atoms with Crippen LogP contribution in [0.15, 0.2) is 60.7 Å². The Morgan fingerprint density at radius 2 is 1.66 bits per heavy atom. The Bertz CT molecular complexity index is 1830. The van der Waals surface area contributed by atoms with Crippen molar-refractivity contribution in [3.8, 4) is 5.75 Å². The van der Waals surface area contributed by atoms with E-state index in [0.717, 1.165) is 28.2 Å². The molecule has 0 aromatic heterocycles. The van der Waals surface area contributed by atoms with Crippen LogP contribution >= 0.6 is 0 Å². The maximum atomic E-state index is 15.3. The molecule has 3 aromatic rings. The van der Waals surface area contributed by atoms with Gasteiger partial charge in [0, 0.05) is 5.92 Å². The number of carbonyl (C=O) groups is 5. The quantitative estimate of drug-likeness (QED) is 0.246. The highest BCUT2D eigenvalue weighted by Crippen LogP contribution is 2.62. The average Bonchev–Trinajstić information content (AvgIpc) is 3.24.